The van der Waals surface area contributed by atoms with E-state index in [0.29, 0.717) is 36.7 Å². The summed E-state index contributed by atoms with van der Waals surface area (Å²) in [4.78, 5) is 23.9. The Kier molecular flexibility index (Phi) is 6.74. The van der Waals surface area contributed by atoms with Crippen LogP contribution in [0.1, 0.15) is 32.6 Å². The first kappa shape index (κ1) is 17.1. The third-order valence-corrected chi connectivity index (χ3v) is 3.45. The van der Waals surface area contributed by atoms with E-state index in [1.54, 1.807) is 6.33 Å². The number of nitrogens with zero attached hydrogens (tertiary/aromatic N) is 4. The van der Waals surface area contributed by atoms with E-state index in [9.17, 15) is 4.79 Å². The summed E-state index contributed by atoms with van der Waals surface area (Å²) in [6, 6.07) is 0. The fraction of sp³-hybridized carbons (Fsp3) is 0.600. The minimum Gasteiger partial charge on any atom is -0.382 e. The molecule has 0 fully saturated rings. The van der Waals surface area contributed by atoms with Gasteiger partial charge in [0.2, 0.25) is 5.91 Å². The van der Waals surface area contributed by atoms with Crippen molar-refractivity contribution in [2.45, 2.75) is 39.2 Å². The Balaban J connectivity index is 1.65. The van der Waals surface area contributed by atoms with E-state index in [1.807, 2.05) is 4.57 Å². The number of aromatic nitrogens is 4. The van der Waals surface area contributed by atoms with Crippen LogP contribution in [0.3, 0.4) is 0 Å². The molecule has 2 heterocycles. The minimum absolute atomic E-state index is 0.0800. The first-order chi connectivity index (χ1) is 11.2. The zero-order valence-electron chi connectivity index (χ0n) is 13.5. The Bertz CT molecular complexity index is 627. The number of hydrogen-bond acceptors (Lipinski definition) is 6. The van der Waals surface area contributed by atoms with Crippen LogP contribution in [-0.2, 0) is 16.1 Å². The average Bonchev–Trinajstić information content (AvgIpc) is 2.96. The number of amides is 1. The normalized spacial score (nSPS) is 11.0. The van der Waals surface area contributed by atoms with Crippen molar-refractivity contribution >= 4 is 22.9 Å². The molecule has 3 N–H and O–H groups in total. The number of carbonyl (C=O) groups excluding carboxylic acids is 1. The second-order valence-electron chi connectivity index (χ2n) is 5.33. The summed E-state index contributed by atoms with van der Waals surface area (Å²) < 4.78 is 7.22. The Morgan fingerprint density at radius 2 is 2.17 bits per heavy atom. The standard InChI is InChI=1S/C15H24N6O2/c1-2-3-4-8-23-9-12(22)17-6-5-7-21-11-20-13-14(16)18-10-19-15(13)21/h10-11H,2-9H2,1H3,(H,17,22)(H2,16,18,19). The maximum absolute atomic E-state index is 11.6. The van der Waals surface area contributed by atoms with Gasteiger partial charge in [0, 0.05) is 19.7 Å². The molecule has 8 nitrogen and oxygen atoms in total. The van der Waals surface area contributed by atoms with Gasteiger partial charge < -0.3 is 20.4 Å². The number of nitrogens with two attached hydrogens (primary N) is 1. The fourth-order valence-corrected chi connectivity index (χ4v) is 2.21. The maximum Gasteiger partial charge on any atom is 0.245 e. The van der Waals surface area contributed by atoms with Gasteiger partial charge >= 0.3 is 0 Å². The lowest BCUT2D eigenvalue weighted by Crippen LogP contribution is -2.29. The van der Waals surface area contributed by atoms with E-state index in [2.05, 4.69) is 27.2 Å². The minimum atomic E-state index is -0.0800. The number of carbonyl (C=O) groups is 1. The molecule has 0 atom stereocenters. The van der Waals surface area contributed by atoms with Gasteiger partial charge in [0.15, 0.2) is 11.5 Å². The lowest BCUT2D eigenvalue weighted by Gasteiger charge is -2.07. The van der Waals surface area contributed by atoms with Crippen molar-refractivity contribution in [3.8, 4) is 0 Å². The molecule has 0 bridgehead atoms. The highest BCUT2D eigenvalue weighted by molar-refractivity contribution is 5.81. The van der Waals surface area contributed by atoms with Gasteiger partial charge in [-0.05, 0) is 12.8 Å². The molecule has 2 rings (SSSR count). The van der Waals surface area contributed by atoms with Crippen molar-refractivity contribution in [3.05, 3.63) is 12.7 Å². The molecule has 23 heavy (non-hydrogen) atoms. The van der Waals surface area contributed by atoms with E-state index in [-0.39, 0.29) is 12.5 Å². The third kappa shape index (κ3) is 5.17. The number of nitrogen functional groups attached to an aromatic ring is 1. The molecule has 0 radical (unpaired) electrons. The van der Waals surface area contributed by atoms with Crippen LogP contribution in [0.15, 0.2) is 12.7 Å². The molecule has 0 unspecified atom stereocenters. The first-order valence-electron chi connectivity index (χ1n) is 7.98. The van der Waals surface area contributed by atoms with Crippen LogP contribution < -0.4 is 11.1 Å². The highest BCUT2D eigenvalue weighted by Crippen LogP contribution is 2.14. The van der Waals surface area contributed by atoms with E-state index < -0.39 is 0 Å². The smallest absolute Gasteiger partial charge is 0.245 e. The predicted molar refractivity (Wildman–Crippen MR) is 87.7 cm³/mol. The van der Waals surface area contributed by atoms with Gasteiger partial charge in [0.25, 0.3) is 0 Å². The van der Waals surface area contributed by atoms with Crippen LogP contribution in [-0.4, -0.2) is 45.2 Å². The number of hydrogen-bond donors (Lipinski definition) is 2. The maximum atomic E-state index is 11.6. The molecular weight excluding hydrogens is 296 g/mol. The van der Waals surface area contributed by atoms with Gasteiger partial charge in [0.05, 0.1) is 6.33 Å². The molecule has 0 aliphatic heterocycles. The highest BCUT2D eigenvalue weighted by atomic mass is 16.5. The summed E-state index contributed by atoms with van der Waals surface area (Å²) in [7, 11) is 0. The van der Waals surface area contributed by atoms with Gasteiger partial charge in [0.1, 0.15) is 18.5 Å². The van der Waals surface area contributed by atoms with Crippen molar-refractivity contribution < 1.29 is 9.53 Å². The first-order valence-corrected chi connectivity index (χ1v) is 7.98. The van der Waals surface area contributed by atoms with Crippen LogP contribution in [0.4, 0.5) is 5.82 Å². The molecule has 2 aromatic heterocycles. The predicted octanol–water partition coefficient (Wildman–Crippen LogP) is 1.12. The zero-order valence-corrected chi connectivity index (χ0v) is 13.5. The van der Waals surface area contributed by atoms with Crippen LogP contribution in [0.5, 0.6) is 0 Å². The largest absolute Gasteiger partial charge is 0.382 e. The molecule has 0 aliphatic rings. The molecule has 126 valence electrons. The number of aryl methyl sites for hydroxylation is 1. The summed E-state index contributed by atoms with van der Waals surface area (Å²) in [5.41, 5.74) is 7.06. The van der Waals surface area contributed by atoms with Crippen LogP contribution >= 0.6 is 0 Å². The molecule has 0 aliphatic carbocycles. The molecule has 0 saturated carbocycles. The number of nitrogens with one attached hydrogen (secondary N) is 1. The number of rotatable bonds is 10. The van der Waals surface area contributed by atoms with Crippen molar-refractivity contribution in [2.24, 2.45) is 0 Å². The van der Waals surface area contributed by atoms with E-state index >= 15 is 0 Å². The topological polar surface area (TPSA) is 108 Å². The molecular formula is C15H24N6O2. The highest BCUT2D eigenvalue weighted by Gasteiger charge is 2.07. The SMILES string of the molecule is CCCCCOCC(=O)NCCCn1cnc2c(N)ncnc21. The van der Waals surface area contributed by atoms with Gasteiger partial charge in [-0.1, -0.05) is 19.8 Å². The van der Waals surface area contributed by atoms with Crippen LogP contribution in [0.2, 0.25) is 0 Å². The molecule has 0 saturated heterocycles. The van der Waals surface area contributed by atoms with Gasteiger partial charge in [-0.2, -0.15) is 0 Å². The molecule has 1 amide bonds. The third-order valence-electron chi connectivity index (χ3n) is 3.45. The summed E-state index contributed by atoms with van der Waals surface area (Å²) in [5.74, 6) is 0.297. The van der Waals surface area contributed by atoms with E-state index in [4.69, 9.17) is 10.5 Å². The van der Waals surface area contributed by atoms with Crippen LogP contribution in [0.25, 0.3) is 11.2 Å². The second kappa shape index (κ2) is 9.04. The number of ether oxygens (including phenoxy) is 1. The van der Waals surface area contributed by atoms with Gasteiger partial charge in [-0.15, -0.1) is 0 Å². The quantitative estimate of drug-likeness (QED) is 0.635. The molecule has 8 heteroatoms. The number of imidazole rings is 1. The summed E-state index contributed by atoms with van der Waals surface area (Å²) in [5, 5.41) is 2.84. The van der Waals surface area contributed by atoms with Crippen molar-refractivity contribution in [1.82, 2.24) is 24.8 Å². The van der Waals surface area contributed by atoms with E-state index in [1.165, 1.54) is 6.33 Å². The Morgan fingerprint density at radius 1 is 1.30 bits per heavy atom. The summed E-state index contributed by atoms with van der Waals surface area (Å²) in [6.45, 7) is 4.18. The van der Waals surface area contributed by atoms with Gasteiger partial charge in [-0.3, -0.25) is 4.79 Å². The average molecular weight is 320 g/mol. The van der Waals surface area contributed by atoms with Crippen molar-refractivity contribution in [3.63, 3.8) is 0 Å². The van der Waals surface area contributed by atoms with E-state index in [0.717, 1.165) is 25.7 Å². The molecule has 2 aromatic rings. The Morgan fingerprint density at radius 3 is 3.00 bits per heavy atom. The monoisotopic (exact) mass is 320 g/mol. The number of anilines is 1. The van der Waals surface area contributed by atoms with Crippen molar-refractivity contribution in [2.75, 3.05) is 25.5 Å². The number of fused-ring (bicyclic) bond motifs is 1. The zero-order chi connectivity index (χ0) is 16.5. The molecule has 0 spiro atoms. The summed E-state index contributed by atoms with van der Waals surface area (Å²) in [6.07, 6.45) is 7.17. The lowest BCUT2D eigenvalue weighted by atomic mass is 10.3. The van der Waals surface area contributed by atoms with Crippen LogP contribution in [0, 0.1) is 0 Å². The fourth-order valence-electron chi connectivity index (χ4n) is 2.21. The number of unbranched alkanes of at least 4 members (excludes halogenated alkanes) is 2. The second-order valence-corrected chi connectivity index (χ2v) is 5.33. The lowest BCUT2D eigenvalue weighted by molar-refractivity contribution is -0.125. The van der Waals surface area contributed by atoms with Crippen molar-refractivity contribution in [1.29, 1.82) is 0 Å². The summed E-state index contributed by atoms with van der Waals surface area (Å²) >= 11 is 0. The van der Waals surface area contributed by atoms with Gasteiger partial charge in [-0.25, -0.2) is 15.0 Å². The molecule has 0 aromatic carbocycles. The Hall–Kier alpha value is -2.22. The Labute approximate surface area is 135 Å².